The van der Waals surface area contributed by atoms with E-state index in [1.807, 2.05) is 0 Å². The molecule has 0 bridgehead atoms. The van der Waals surface area contributed by atoms with E-state index in [0.717, 1.165) is 0 Å². The van der Waals surface area contributed by atoms with Crippen LogP contribution in [0.2, 0.25) is 0 Å². The number of carbonyl (C=O) groups is 4. The molecule has 132 valence electrons. The first kappa shape index (κ1) is 21.5. The van der Waals surface area contributed by atoms with E-state index in [1.54, 1.807) is 0 Å². The Labute approximate surface area is 144 Å². The smallest absolute Gasteiger partial charge is 0.327 e. The Kier molecular flexibility index (Phi) is 9.68. The minimum Gasteiger partial charge on any atom is -0.480 e. The average Bonchev–Trinajstić information content (AvgIpc) is 2.48. The van der Waals surface area contributed by atoms with Gasteiger partial charge in [0.05, 0.1) is 6.04 Å². The first-order valence-electron chi connectivity index (χ1n) is 6.75. The number of hydrogen-bond acceptors (Lipinski definition) is 7. The highest BCUT2D eigenvalue weighted by molar-refractivity contribution is 7.80. The number of aliphatic carboxylic acids is 1. The van der Waals surface area contributed by atoms with Gasteiger partial charge in [-0.05, 0) is 13.8 Å². The Morgan fingerprint density at radius 1 is 0.913 bits per heavy atom. The van der Waals surface area contributed by atoms with Crippen LogP contribution in [0.5, 0.6) is 0 Å². The van der Waals surface area contributed by atoms with Crippen LogP contribution in [-0.4, -0.2) is 64.5 Å². The second-order valence-electron chi connectivity index (χ2n) is 4.84. The number of amides is 3. The summed E-state index contributed by atoms with van der Waals surface area (Å²) in [6.45, 7) is 2.89. The van der Waals surface area contributed by atoms with Gasteiger partial charge in [-0.15, -0.1) is 0 Å². The second-order valence-corrected chi connectivity index (χ2v) is 5.57. The Balaban J connectivity index is 4.68. The lowest BCUT2D eigenvalue weighted by atomic mass is 10.2. The summed E-state index contributed by atoms with van der Waals surface area (Å²) in [7, 11) is 0. The number of nitrogens with two attached hydrogens (primary N) is 1. The minimum atomic E-state index is -1.24. The zero-order chi connectivity index (χ0) is 18.2. The van der Waals surface area contributed by atoms with Crippen LogP contribution < -0.4 is 21.7 Å². The van der Waals surface area contributed by atoms with E-state index < -0.39 is 47.9 Å². The van der Waals surface area contributed by atoms with Gasteiger partial charge in [-0.2, -0.15) is 25.3 Å². The van der Waals surface area contributed by atoms with Crippen LogP contribution in [0, 0.1) is 0 Å². The highest BCUT2D eigenvalue weighted by atomic mass is 32.1. The van der Waals surface area contributed by atoms with Crippen molar-refractivity contribution in [1.29, 1.82) is 0 Å². The predicted molar refractivity (Wildman–Crippen MR) is 90.5 cm³/mol. The SMILES string of the molecule is CC(N)C(=O)NC(C)C(=O)NC(CS)C(=O)NC(CS)C(=O)O. The molecule has 6 N–H and O–H groups in total. The zero-order valence-corrected chi connectivity index (χ0v) is 14.6. The summed E-state index contributed by atoms with van der Waals surface area (Å²) < 4.78 is 0. The Morgan fingerprint density at radius 3 is 1.78 bits per heavy atom. The lowest BCUT2D eigenvalue weighted by molar-refractivity contribution is -0.141. The third-order valence-electron chi connectivity index (χ3n) is 2.78. The molecule has 3 amide bonds. The van der Waals surface area contributed by atoms with E-state index in [0.29, 0.717) is 0 Å². The summed E-state index contributed by atoms with van der Waals surface area (Å²) >= 11 is 7.78. The van der Waals surface area contributed by atoms with E-state index in [9.17, 15) is 19.2 Å². The number of carbonyl (C=O) groups excluding carboxylic acids is 3. The Morgan fingerprint density at radius 2 is 1.39 bits per heavy atom. The maximum atomic E-state index is 12.0. The Bertz CT molecular complexity index is 461. The molecule has 0 aromatic carbocycles. The minimum absolute atomic E-state index is 0.0511. The molecule has 0 heterocycles. The number of hydrogen-bond donors (Lipinski definition) is 7. The van der Waals surface area contributed by atoms with E-state index >= 15 is 0 Å². The van der Waals surface area contributed by atoms with Crippen LogP contribution in [0.25, 0.3) is 0 Å². The lowest BCUT2D eigenvalue weighted by Gasteiger charge is -2.21. The van der Waals surface area contributed by atoms with Crippen molar-refractivity contribution in [3.63, 3.8) is 0 Å². The lowest BCUT2D eigenvalue weighted by Crippen LogP contribution is -2.57. The summed E-state index contributed by atoms with van der Waals surface area (Å²) in [6, 6.07) is -3.92. The molecule has 0 aromatic rings. The molecule has 23 heavy (non-hydrogen) atoms. The molecule has 11 heteroatoms. The van der Waals surface area contributed by atoms with Gasteiger partial charge < -0.3 is 26.8 Å². The molecular formula is C12H22N4O5S2. The molecule has 0 saturated carbocycles. The van der Waals surface area contributed by atoms with Crippen molar-refractivity contribution in [2.75, 3.05) is 11.5 Å². The number of nitrogens with one attached hydrogen (secondary N) is 3. The van der Waals surface area contributed by atoms with Gasteiger partial charge in [-0.1, -0.05) is 0 Å². The van der Waals surface area contributed by atoms with Crippen molar-refractivity contribution in [2.45, 2.75) is 38.0 Å². The van der Waals surface area contributed by atoms with E-state index in [2.05, 4.69) is 41.2 Å². The predicted octanol–water partition coefficient (Wildman–Crippen LogP) is -2.25. The van der Waals surface area contributed by atoms with Crippen LogP contribution >= 0.6 is 25.3 Å². The number of carboxylic acid groups (broad SMARTS) is 1. The number of carboxylic acids is 1. The molecule has 4 atom stereocenters. The van der Waals surface area contributed by atoms with Crippen molar-refractivity contribution < 1.29 is 24.3 Å². The van der Waals surface area contributed by atoms with Crippen LogP contribution in [0.3, 0.4) is 0 Å². The number of rotatable bonds is 9. The quantitative estimate of drug-likeness (QED) is 0.229. The fourth-order valence-electron chi connectivity index (χ4n) is 1.36. The fourth-order valence-corrected chi connectivity index (χ4v) is 1.86. The maximum absolute atomic E-state index is 12.0. The highest BCUT2D eigenvalue weighted by Gasteiger charge is 2.27. The zero-order valence-electron chi connectivity index (χ0n) is 12.8. The topological polar surface area (TPSA) is 151 Å². The molecule has 0 fully saturated rings. The first-order chi connectivity index (χ1) is 10.6. The number of thiol groups is 2. The third kappa shape index (κ3) is 7.57. The first-order valence-corrected chi connectivity index (χ1v) is 8.01. The normalized spacial score (nSPS) is 15.7. The molecule has 0 saturated heterocycles. The molecule has 0 radical (unpaired) electrons. The largest absolute Gasteiger partial charge is 0.480 e. The third-order valence-corrected chi connectivity index (χ3v) is 3.51. The highest BCUT2D eigenvalue weighted by Crippen LogP contribution is 1.95. The van der Waals surface area contributed by atoms with Crippen molar-refractivity contribution >= 4 is 48.9 Å². The van der Waals surface area contributed by atoms with E-state index in [1.165, 1.54) is 13.8 Å². The fraction of sp³-hybridized carbons (Fsp3) is 0.667. The summed E-state index contributed by atoms with van der Waals surface area (Å²) in [5.74, 6) is -3.23. The molecular weight excluding hydrogens is 344 g/mol. The van der Waals surface area contributed by atoms with Crippen LogP contribution in [0.4, 0.5) is 0 Å². The summed E-state index contributed by atoms with van der Waals surface area (Å²) in [6.07, 6.45) is 0. The van der Waals surface area contributed by atoms with Gasteiger partial charge in [-0.25, -0.2) is 4.79 Å². The van der Waals surface area contributed by atoms with Gasteiger partial charge in [0, 0.05) is 11.5 Å². The van der Waals surface area contributed by atoms with Gasteiger partial charge in [0.2, 0.25) is 17.7 Å². The van der Waals surface area contributed by atoms with Gasteiger partial charge in [0.15, 0.2) is 0 Å². The van der Waals surface area contributed by atoms with Crippen molar-refractivity contribution in [1.82, 2.24) is 16.0 Å². The van der Waals surface area contributed by atoms with Gasteiger partial charge in [0.1, 0.15) is 18.1 Å². The maximum Gasteiger partial charge on any atom is 0.327 e. The van der Waals surface area contributed by atoms with Gasteiger partial charge >= 0.3 is 5.97 Å². The van der Waals surface area contributed by atoms with Gasteiger partial charge in [0.25, 0.3) is 0 Å². The second kappa shape index (κ2) is 10.3. The summed E-state index contributed by atoms with van der Waals surface area (Å²) in [4.78, 5) is 46.2. The molecule has 4 unspecified atom stereocenters. The Hall–Kier alpha value is -1.46. The molecule has 0 aliphatic rings. The molecule has 9 nitrogen and oxygen atoms in total. The standard InChI is InChI=1S/C12H22N4O5S2/c1-5(13)9(17)14-6(2)10(18)15-7(3-22)11(19)16-8(4-23)12(20)21/h5-8,22-23H,3-4,13H2,1-2H3,(H,14,17)(H,15,18)(H,16,19)(H,20,21). The molecule has 0 aliphatic heterocycles. The average molecular weight is 366 g/mol. The molecule has 0 aliphatic carbocycles. The van der Waals surface area contributed by atoms with Crippen LogP contribution in [0.1, 0.15) is 13.8 Å². The van der Waals surface area contributed by atoms with Gasteiger partial charge in [-0.3, -0.25) is 14.4 Å². The van der Waals surface area contributed by atoms with Crippen molar-refractivity contribution in [3.05, 3.63) is 0 Å². The van der Waals surface area contributed by atoms with E-state index in [4.69, 9.17) is 10.8 Å². The molecule has 0 aromatic heterocycles. The molecule has 0 rings (SSSR count). The summed E-state index contributed by atoms with van der Waals surface area (Å²) in [5, 5.41) is 15.9. The summed E-state index contributed by atoms with van der Waals surface area (Å²) in [5.41, 5.74) is 5.38. The monoisotopic (exact) mass is 366 g/mol. The van der Waals surface area contributed by atoms with Crippen molar-refractivity contribution in [2.24, 2.45) is 5.73 Å². The molecule has 0 spiro atoms. The van der Waals surface area contributed by atoms with Crippen molar-refractivity contribution in [3.8, 4) is 0 Å². The van der Waals surface area contributed by atoms with E-state index in [-0.39, 0.29) is 11.5 Å². The van der Waals surface area contributed by atoms with Crippen LogP contribution in [-0.2, 0) is 19.2 Å². The van der Waals surface area contributed by atoms with Crippen LogP contribution in [0.15, 0.2) is 0 Å².